The SMILES string of the molecule is COCCN(CCO)S(=O)(=O)N1CCCC(C(=O)O)C1. The minimum absolute atomic E-state index is 0.0213. The predicted molar refractivity (Wildman–Crippen MR) is 71.4 cm³/mol. The van der Waals surface area contributed by atoms with Crippen molar-refractivity contribution in [3.8, 4) is 0 Å². The summed E-state index contributed by atoms with van der Waals surface area (Å²) < 4.78 is 32.1. The molecule has 9 heteroatoms. The molecule has 2 N–H and O–H groups in total. The minimum Gasteiger partial charge on any atom is -0.481 e. The molecule has 0 aliphatic carbocycles. The summed E-state index contributed by atoms with van der Waals surface area (Å²) in [5.74, 6) is -1.65. The molecule has 1 unspecified atom stereocenters. The Hall–Kier alpha value is -0.740. The number of nitrogens with zero attached hydrogens (tertiary/aromatic N) is 2. The molecular weight excluding hydrogens is 288 g/mol. The fraction of sp³-hybridized carbons (Fsp3) is 0.909. The Kier molecular flexibility index (Phi) is 6.83. The third kappa shape index (κ3) is 4.38. The average molecular weight is 310 g/mol. The van der Waals surface area contributed by atoms with Gasteiger partial charge in [0.05, 0.1) is 19.1 Å². The number of aliphatic hydroxyl groups is 1. The van der Waals surface area contributed by atoms with Crippen LogP contribution in [-0.4, -0.2) is 79.7 Å². The van der Waals surface area contributed by atoms with Crippen LogP contribution in [-0.2, 0) is 19.7 Å². The third-order valence-corrected chi connectivity index (χ3v) is 5.28. The zero-order chi connectivity index (χ0) is 15.2. The number of piperidine rings is 1. The van der Waals surface area contributed by atoms with Gasteiger partial charge in [0.1, 0.15) is 0 Å². The summed E-state index contributed by atoms with van der Waals surface area (Å²) in [5.41, 5.74) is 0. The average Bonchev–Trinajstić information content (AvgIpc) is 2.43. The largest absolute Gasteiger partial charge is 0.481 e. The molecule has 118 valence electrons. The van der Waals surface area contributed by atoms with E-state index in [9.17, 15) is 13.2 Å². The maximum atomic E-state index is 12.4. The standard InChI is InChI=1S/C11H22N2O6S/c1-19-8-6-12(5-7-14)20(17,18)13-4-2-3-10(9-13)11(15)16/h10,14H,2-9H2,1H3,(H,15,16). The second kappa shape index (κ2) is 7.89. The molecule has 0 aromatic carbocycles. The summed E-state index contributed by atoms with van der Waals surface area (Å²) in [4.78, 5) is 11.0. The lowest BCUT2D eigenvalue weighted by molar-refractivity contribution is -0.142. The molecule has 1 saturated heterocycles. The molecule has 1 atom stereocenters. The van der Waals surface area contributed by atoms with Crippen molar-refractivity contribution >= 4 is 16.2 Å². The molecule has 0 bridgehead atoms. The lowest BCUT2D eigenvalue weighted by Crippen LogP contribution is -2.50. The molecule has 0 spiro atoms. The van der Waals surface area contributed by atoms with Crippen LogP contribution in [0, 0.1) is 5.92 Å². The van der Waals surface area contributed by atoms with Gasteiger partial charge >= 0.3 is 5.97 Å². The topological polar surface area (TPSA) is 107 Å². The lowest BCUT2D eigenvalue weighted by Gasteiger charge is -2.34. The smallest absolute Gasteiger partial charge is 0.307 e. The zero-order valence-electron chi connectivity index (χ0n) is 11.6. The second-order valence-corrected chi connectivity index (χ2v) is 6.59. The highest BCUT2D eigenvalue weighted by Crippen LogP contribution is 2.21. The summed E-state index contributed by atoms with van der Waals surface area (Å²) >= 11 is 0. The van der Waals surface area contributed by atoms with Crippen LogP contribution in [0.1, 0.15) is 12.8 Å². The Morgan fingerprint density at radius 3 is 2.70 bits per heavy atom. The van der Waals surface area contributed by atoms with Crippen molar-refractivity contribution in [3.63, 3.8) is 0 Å². The third-order valence-electron chi connectivity index (χ3n) is 3.28. The Labute approximate surface area is 119 Å². The molecule has 1 heterocycles. The van der Waals surface area contributed by atoms with E-state index >= 15 is 0 Å². The van der Waals surface area contributed by atoms with Gasteiger partial charge in [0.2, 0.25) is 0 Å². The van der Waals surface area contributed by atoms with E-state index in [0.29, 0.717) is 19.4 Å². The van der Waals surface area contributed by atoms with Crippen LogP contribution >= 0.6 is 0 Å². The van der Waals surface area contributed by atoms with Gasteiger partial charge in [-0.25, -0.2) is 0 Å². The van der Waals surface area contributed by atoms with E-state index in [1.54, 1.807) is 0 Å². The minimum atomic E-state index is -3.76. The fourth-order valence-corrected chi connectivity index (χ4v) is 3.84. The molecule has 8 nitrogen and oxygen atoms in total. The summed E-state index contributed by atoms with van der Waals surface area (Å²) in [6.45, 7) is 0.315. The van der Waals surface area contributed by atoms with Crippen LogP contribution in [0.15, 0.2) is 0 Å². The quantitative estimate of drug-likeness (QED) is 0.593. The number of aliphatic hydroxyl groups excluding tert-OH is 1. The first kappa shape index (κ1) is 17.3. The van der Waals surface area contributed by atoms with Crippen LogP contribution in [0.25, 0.3) is 0 Å². The van der Waals surface area contributed by atoms with Gasteiger partial charge in [0, 0.05) is 33.3 Å². The maximum Gasteiger partial charge on any atom is 0.307 e. The summed E-state index contributed by atoms with van der Waals surface area (Å²) in [6, 6.07) is 0. The van der Waals surface area contributed by atoms with Gasteiger partial charge < -0.3 is 14.9 Å². The number of carboxylic acids is 1. The van der Waals surface area contributed by atoms with E-state index in [4.69, 9.17) is 14.9 Å². The Morgan fingerprint density at radius 1 is 1.45 bits per heavy atom. The van der Waals surface area contributed by atoms with Gasteiger partial charge in [-0.15, -0.1) is 0 Å². The van der Waals surface area contributed by atoms with Crippen molar-refractivity contribution in [2.24, 2.45) is 5.92 Å². The summed E-state index contributed by atoms with van der Waals surface area (Å²) in [6.07, 6.45) is 1.01. The van der Waals surface area contributed by atoms with Crippen molar-refractivity contribution in [1.29, 1.82) is 0 Å². The lowest BCUT2D eigenvalue weighted by atomic mass is 10.0. The monoisotopic (exact) mass is 310 g/mol. The highest BCUT2D eigenvalue weighted by Gasteiger charge is 2.35. The number of carbonyl (C=O) groups is 1. The van der Waals surface area contributed by atoms with Gasteiger partial charge in [-0.05, 0) is 12.8 Å². The van der Waals surface area contributed by atoms with E-state index in [2.05, 4.69) is 0 Å². The molecule has 0 amide bonds. The zero-order valence-corrected chi connectivity index (χ0v) is 12.4. The Morgan fingerprint density at radius 2 is 2.15 bits per heavy atom. The van der Waals surface area contributed by atoms with Gasteiger partial charge in [0.25, 0.3) is 10.2 Å². The number of ether oxygens (including phenoxy) is 1. The van der Waals surface area contributed by atoms with Crippen molar-refractivity contribution in [2.45, 2.75) is 12.8 Å². The van der Waals surface area contributed by atoms with Crippen LogP contribution in [0.5, 0.6) is 0 Å². The van der Waals surface area contributed by atoms with Crippen molar-refractivity contribution in [2.75, 3.05) is 46.5 Å². The van der Waals surface area contributed by atoms with E-state index < -0.39 is 22.1 Å². The van der Waals surface area contributed by atoms with Crippen LogP contribution in [0.3, 0.4) is 0 Å². The molecule has 1 rings (SSSR count). The number of hydrogen-bond donors (Lipinski definition) is 2. The van der Waals surface area contributed by atoms with Gasteiger partial charge in [-0.1, -0.05) is 0 Å². The first-order chi connectivity index (χ1) is 9.43. The van der Waals surface area contributed by atoms with Gasteiger partial charge in [0.15, 0.2) is 0 Å². The first-order valence-electron chi connectivity index (χ1n) is 6.51. The second-order valence-electron chi connectivity index (χ2n) is 4.66. The molecule has 1 aliphatic rings. The number of rotatable bonds is 8. The normalized spacial score (nSPS) is 21.2. The number of hydrogen-bond acceptors (Lipinski definition) is 5. The number of aliphatic carboxylic acids is 1. The molecule has 1 fully saturated rings. The summed E-state index contributed by atoms with van der Waals surface area (Å²) in [7, 11) is -2.30. The summed E-state index contributed by atoms with van der Waals surface area (Å²) in [5, 5.41) is 18.0. The molecule has 0 radical (unpaired) electrons. The van der Waals surface area contributed by atoms with Crippen LogP contribution in [0.4, 0.5) is 0 Å². The molecule has 0 aromatic rings. The van der Waals surface area contributed by atoms with E-state index in [1.165, 1.54) is 11.4 Å². The van der Waals surface area contributed by atoms with Crippen molar-refractivity contribution in [1.82, 2.24) is 8.61 Å². The molecule has 0 saturated carbocycles. The fourth-order valence-electron chi connectivity index (χ4n) is 2.16. The Bertz CT molecular complexity index is 413. The van der Waals surface area contributed by atoms with Gasteiger partial charge in [-0.2, -0.15) is 17.0 Å². The number of methoxy groups -OCH3 is 1. The predicted octanol–water partition coefficient (Wildman–Crippen LogP) is -1.03. The van der Waals surface area contributed by atoms with E-state index in [1.807, 2.05) is 0 Å². The van der Waals surface area contributed by atoms with Crippen molar-refractivity contribution in [3.05, 3.63) is 0 Å². The van der Waals surface area contributed by atoms with Crippen LogP contribution in [0.2, 0.25) is 0 Å². The van der Waals surface area contributed by atoms with E-state index in [0.717, 1.165) is 4.31 Å². The van der Waals surface area contributed by atoms with Gasteiger partial charge in [-0.3, -0.25) is 4.79 Å². The number of carboxylic acid groups (broad SMARTS) is 1. The van der Waals surface area contributed by atoms with E-state index in [-0.39, 0.29) is 32.8 Å². The highest BCUT2D eigenvalue weighted by molar-refractivity contribution is 7.86. The molecule has 1 aliphatic heterocycles. The maximum absolute atomic E-state index is 12.4. The van der Waals surface area contributed by atoms with Crippen LogP contribution < -0.4 is 0 Å². The molecule has 20 heavy (non-hydrogen) atoms. The first-order valence-corrected chi connectivity index (χ1v) is 7.91. The molecule has 0 aromatic heterocycles. The van der Waals surface area contributed by atoms with Crippen molar-refractivity contribution < 1.29 is 28.2 Å². The highest BCUT2D eigenvalue weighted by atomic mass is 32.2. The molecular formula is C11H22N2O6S. The Balaban J connectivity index is 2.80.